The van der Waals surface area contributed by atoms with Crippen LogP contribution in [0.2, 0.25) is 5.02 Å². The normalized spacial score (nSPS) is 16.6. The van der Waals surface area contributed by atoms with Gasteiger partial charge in [-0.2, -0.15) is 9.78 Å². The summed E-state index contributed by atoms with van der Waals surface area (Å²) in [6, 6.07) is 14.2. The van der Waals surface area contributed by atoms with Crippen LogP contribution < -0.4 is 25.2 Å². The van der Waals surface area contributed by atoms with E-state index in [-0.39, 0.29) is 22.5 Å². The molecule has 182 valence electrons. The summed E-state index contributed by atoms with van der Waals surface area (Å²) in [5, 5.41) is 7.43. The number of carbonyl (C=O) groups is 1. The number of benzene rings is 2. The van der Waals surface area contributed by atoms with Crippen LogP contribution in [0, 0.1) is 0 Å². The number of rotatable bonds is 5. The van der Waals surface area contributed by atoms with E-state index in [4.69, 9.17) is 21.1 Å². The summed E-state index contributed by atoms with van der Waals surface area (Å²) >= 11 is 6.46. The molecule has 1 amide bonds. The Kier molecular flexibility index (Phi) is 6.61. The van der Waals surface area contributed by atoms with Crippen molar-refractivity contribution in [2.24, 2.45) is 0 Å². The number of amides is 1. The first kappa shape index (κ1) is 23.2. The second kappa shape index (κ2) is 9.97. The number of carbonyl (C=O) groups excluding carboxylic acids is 1. The Morgan fingerprint density at radius 2 is 1.74 bits per heavy atom. The summed E-state index contributed by atoms with van der Waals surface area (Å²) in [6.45, 7) is 5.44. The number of piperazine rings is 1. The third-order valence-corrected chi connectivity index (χ3v) is 6.65. The zero-order valence-corrected chi connectivity index (χ0v) is 20.1. The lowest BCUT2D eigenvalue weighted by molar-refractivity contribution is -0.120. The zero-order chi connectivity index (χ0) is 24.4. The molecule has 0 bridgehead atoms. The van der Waals surface area contributed by atoms with Gasteiger partial charge in [-0.15, -0.1) is 0 Å². The van der Waals surface area contributed by atoms with Gasteiger partial charge < -0.3 is 19.7 Å². The second-order valence-corrected chi connectivity index (χ2v) is 8.82. The Bertz CT molecular complexity index is 1270. The summed E-state index contributed by atoms with van der Waals surface area (Å²) < 4.78 is 12.4. The van der Waals surface area contributed by atoms with Gasteiger partial charge >= 0.3 is 0 Å². The first-order valence-corrected chi connectivity index (χ1v) is 11.9. The van der Waals surface area contributed by atoms with Crippen molar-refractivity contribution < 1.29 is 14.3 Å². The Balaban J connectivity index is 1.21. The fraction of sp³-hybridized carbons (Fsp3) is 0.320. The maximum Gasteiger partial charge on any atom is 0.292 e. The second-order valence-electron chi connectivity index (χ2n) is 8.44. The zero-order valence-electron chi connectivity index (χ0n) is 19.3. The summed E-state index contributed by atoms with van der Waals surface area (Å²) in [6.07, 6.45) is 1.63. The SMILES string of the molecule is C[C@@H](C(=O)Nc1ccc2c(c1)OCCO2)N1CCN(c2cnn(-c3ccccc3)c(=O)c2Cl)CC1. The van der Waals surface area contributed by atoms with Crippen molar-refractivity contribution in [3.63, 3.8) is 0 Å². The minimum atomic E-state index is -0.357. The standard InChI is InChI=1S/C25H26ClN5O4/c1-17(24(32)28-18-7-8-21-22(15-18)35-14-13-34-21)29-9-11-30(12-10-29)20-16-27-31(25(33)23(20)26)19-5-3-2-4-6-19/h2-8,15-17H,9-14H2,1H3,(H,28,32)/t17-/m0/s1. The average molecular weight is 496 g/mol. The quantitative estimate of drug-likeness (QED) is 0.582. The summed E-state index contributed by atoms with van der Waals surface area (Å²) in [7, 11) is 0. The molecule has 5 rings (SSSR count). The van der Waals surface area contributed by atoms with E-state index in [1.807, 2.05) is 36.1 Å². The molecule has 0 unspecified atom stereocenters. The van der Waals surface area contributed by atoms with Gasteiger partial charge in [-0.1, -0.05) is 29.8 Å². The molecule has 0 spiro atoms. The van der Waals surface area contributed by atoms with Crippen molar-refractivity contribution in [3.05, 3.63) is 70.1 Å². The molecule has 1 N–H and O–H groups in total. The molecule has 35 heavy (non-hydrogen) atoms. The van der Waals surface area contributed by atoms with Gasteiger partial charge in [-0.05, 0) is 31.2 Å². The monoisotopic (exact) mass is 495 g/mol. The van der Waals surface area contributed by atoms with Crippen molar-refractivity contribution >= 4 is 28.9 Å². The Morgan fingerprint density at radius 3 is 2.49 bits per heavy atom. The van der Waals surface area contributed by atoms with Gasteiger partial charge in [0.25, 0.3) is 5.56 Å². The lowest BCUT2D eigenvalue weighted by Gasteiger charge is -2.38. The van der Waals surface area contributed by atoms with E-state index in [1.165, 1.54) is 4.68 Å². The first-order chi connectivity index (χ1) is 17.0. The highest BCUT2D eigenvalue weighted by atomic mass is 35.5. The summed E-state index contributed by atoms with van der Waals surface area (Å²) in [5.74, 6) is 1.22. The van der Waals surface area contributed by atoms with E-state index in [9.17, 15) is 9.59 Å². The van der Waals surface area contributed by atoms with Crippen LogP contribution in [0.5, 0.6) is 11.5 Å². The number of nitrogens with one attached hydrogen (secondary N) is 1. The molecule has 0 radical (unpaired) electrons. The number of hydrogen-bond donors (Lipinski definition) is 1. The van der Waals surface area contributed by atoms with E-state index in [0.717, 1.165) is 0 Å². The number of halogens is 1. The molecule has 1 saturated heterocycles. The lowest BCUT2D eigenvalue weighted by Crippen LogP contribution is -2.53. The summed E-state index contributed by atoms with van der Waals surface area (Å²) in [5.41, 5.74) is 1.58. The topological polar surface area (TPSA) is 88.9 Å². The van der Waals surface area contributed by atoms with Crippen LogP contribution in [0.1, 0.15) is 6.92 Å². The van der Waals surface area contributed by atoms with E-state index in [1.54, 1.807) is 30.5 Å². The number of ether oxygens (including phenoxy) is 2. The molecule has 2 aromatic carbocycles. The molecule has 10 heteroatoms. The Morgan fingerprint density at radius 1 is 1.03 bits per heavy atom. The van der Waals surface area contributed by atoms with Crippen LogP contribution in [0.4, 0.5) is 11.4 Å². The molecule has 2 aliphatic rings. The Labute approximate surface area is 207 Å². The van der Waals surface area contributed by atoms with Gasteiger partial charge in [0.1, 0.15) is 18.2 Å². The van der Waals surface area contributed by atoms with Crippen molar-refractivity contribution in [1.29, 1.82) is 0 Å². The van der Waals surface area contributed by atoms with Crippen LogP contribution in [0.15, 0.2) is 59.5 Å². The fourth-order valence-electron chi connectivity index (χ4n) is 4.28. The highest BCUT2D eigenvalue weighted by molar-refractivity contribution is 6.33. The fourth-order valence-corrected chi connectivity index (χ4v) is 4.53. The number of para-hydroxylation sites is 1. The minimum Gasteiger partial charge on any atom is -0.486 e. The molecular weight excluding hydrogens is 470 g/mol. The minimum absolute atomic E-state index is 0.0970. The predicted molar refractivity (Wildman–Crippen MR) is 134 cm³/mol. The molecule has 0 aliphatic carbocycles. The predicted octanol–water partition coefficient (Wildman–Crippen LogP) is 2.81. The number of anilines is 2. The molecule has 3 heterocycles. The molecule has 1 aromatic heterocycles. The highest BCUT2D eigenvalue weighted by Crippen LogP contribution is 2.32. The van der Waals surface area contributed by atoms with Crippen LogP contribution in [-0.2, 0) is 4.79 Å². The largest absolute Gasteiger partial charge is 0.486 e. The van der Waals surface area contributed by atoms with Crippen LogP contribution in [0.25, 0.3) is 5.69 Å². The molecule has 9 nitrogen and oxygen atoms in total. The van der Waals surface area contributed by atoms with Crippen LogP contribution >= 0.6 is 11.6 Å². The molecular formula is C25H26ClN5O4. The number of hydrogen-bond acceptors (Lipinski definition) is 7. The van der Waals surface area contributed by atoms with Crippen LogP contribution in [0.3, 0.4) is 0 Å². The van der Waals surface area contributed by atoms with Gasteiger partial charge in [0.05, 0.1) is 23.6 Å². The van der Waals surface area contributed by atoms with E-state index in [0.29, 0.717) is 68.0 Å². The van der Waals surface area contributed by atoms with E-state index >= 15 is 0 Å². The van der Waals surface area contributed by atoms with Crippen LogP contribution in [-0.4, -0.2) is 66.0 Å². The first-order valence-electron chi connectivity index (χ1n) is 11.5. The maximum absolute atomic E-state index is 12.9. The van der Waals surface area contributed by atoms with Crippen molar-refractivity contribution in [1.82, 2.24) is 14.7 Å². The van der Waals surface area contributed by atoms with Crippen molar-refractivity contribution in [2.75, 3.05) is 49.6 Å². The molecule has 3 aromatic rings. The van der Waals surface area contributed by atoms with Gasteiger partial charge in [0.2, 0.25) is 5.91 Å². The molecule has 2 aliphatic heterocycles. The molecule has 0 saturated carbocycles. The van der Waals surface area contributed by atoms with Crippen molar-refractivity contribution in [3.8, 4) is 17.2 Å². The maximum atomic E-state index is 12.9. The van der Waals surface area contributed by atoms with Crippen molar-refractivity contribution in [2.45, 2.75) is 13.0 Å². The summed E-state index contributed by atoms with van der Waals surface area (Å²) in [4.78, 5) is 29.9. The average Bonchev–Trinajstić information content (AvgIpc) is 2.90. The smallest absolute Gasteiger partial charge is 0.292 e. The van der Waals surface area contributed by atoms with Gasteiger partial charge in [-0.3, -0.25) is 14.5 Å². The molecule has 1 fully saturated rings. The van der Waals surface area contributed by atoms with Gasteiger partial charge in [0, 0.05) is 37.9 Å². The van der Waals surface area contributed by atoms with E-state index in [2.05, 4.69) is 15.3 Å². The highest BCUT2D eigenvalue weighted by Gasteiger charge is 2.27. The third-order valence-electron chi connectivity index (χ3n) is 6.29. The lowest BCUT2D eigenvalue weighted by atomic mass is 10.2. The molecule has 1 atom stereocenters. The Hall–Kier alpha value is -3.56. The number of fused-ring (bicyclic) bond motifs is 1. The van der Waals surface area contributed by atoms with Gasteiger partial charge in [-0.25, -0.2) is 0 Å². The van der Waals surface area contributed by atoms with Gasteiger partial charge in [0.15, 0.2) is 11.5 Å². The van der Waals surface area contributed by atoms with E-state index < -0.39 is 0 Å². The number of nitrogens with zero attached hydrogens (tertiary/aromatic N) is 4. The number of aromatic nitrogens is 2. The third kappa shape index (κ3) is 4.82.